The quantitative estimate of drug-likeness (QED) is 0.669. The van der Waals surface area contributed by atoms with Gasteiger partial charge in [0.15, 0.2) is 0 Å². The molecule has 5 nitrogen and oxygen atoms in total. The van der Waals surface area contributed by atoms with Crippen LogP contribution in [0.1, 0.15) is 18.9 Å². The number of imide groups is 1. The zero-order valence-corrected chi connectivity index (χ0v) is 11.5. The van der Waals surface area contributed by atoms with Gasteiger partial charge in [0.25, 0.3) is 0 Å². The first-order valence-corrected chi connectivity index (χ1v) is 6.59. The number of rotatable bonds is 3. The van der Waals surface area contributed by atoms with Crippen LogP contribution in [-0.2, 0) is 14.4 Å². The molecule has 1 aromatic rings. The highest BCUT2D eigenvalue weighted by Gasteiger charge is 2.34. The van der Waals surface area contributed by atoms with Crippen molar-refractivity contribution in [1.29, 1.82) is 0 Å². The van der Waals surface area contributed by atoms with Crippen LogP contribution in [-0.4, -0.2) is 35.2 Å². The summed E-state index contributed by atoms with van der Waals surface area (Å²) in [7, 11) is 0. The summed E-state index contributed by atoms with van der Waals surface area (Å²) in [5.41, 5.74) is 0.532. The number of benzene rings is 1. The molecule has 0 aliphatic carbocycles. The van der Waals surface area contributed by atoms with E-state index in [0.29, 0.717) is 12.0 Å². The van der Waals surface area contributed by atoms with Gasteiger partial charge in [0, 0.05) is 6.08 Å². The Morgan fingerprint density at radius 1 is 1.48 bits per heavy atom. The molecule has 2 rings (SSSR count). The van der Waals surface area contributed by atoms with Gasteiger partial charge in [-0.25, -0.2) is 4.39 Å². The van der Waals surface area contributed by atoms with Gasteiger partial charge in [-0.15, -0.1) is 0 Å². The maximum atomic E-state index is 13.0. The maximum absolute atomic E-state index is 13.0. The second kappa shape index (κ2) is 6.30. The molecule has 1 fully saturated rings. The van der Waals surface area contributed by atoms with Gasteiger partial charge in [-0.2, -0.15) is 0 Å². The van der Waals surface area contributed by atoms with Crippen molar-refractivity contribution in [3.63, 3.8) is 0 Å². The molecule has 1 N–H and O–H groups in total. The minimum atomic E-state index is -0.660. The molecule has 0 saturated carbocycles. The molecule has 0 spiro atoms. The third-order valence-electron chi connectivity index (χ3n) is 3.19. The zero-order valence-electron chi connectivity index (χ0n) is 11.5. The number of nitrogens with one attached hydrogen (secondary N) is 1. The van der Waals surface area contributed by atoms with Crippen LogP contribution < -0.4 is 5.32 Å². The summed E-state index contributed by atoms with van der Waals surface area (Å²) in [5, 5.41) is 2.20. The summed E-state index contributed by atoms with van der Waals surface area (Å²) in [5.74, 6) is -1.82. The number of nitrogens with zero attached hydrogens (tertiary/aromatic N) is 1. The van der Waals surface area contributed by atoms with Gasteiger partial charge >= 0.3 is 0 Å². The Balaban J connectivity index is 2.14. The molecule has 1 atom stereocenters. The molecule has 3 amide bonds. The summed E-state index contributed by atoms with van der Waals surface area (Å²) in [6.07, 6.45) is 3.11. The fourth-order valence-corrected chi connectivity index (χ4v) is 2.18. The smallest absolute Gasteiger partial charge is 0.249 e. The lowest BCUT2D eigenvalue weighted by atomic mass is 10.1. The SMILES string of the molecule is CCC1C(=O)NC(=O)CN1C(=O)C=Cc1cccc(F)c1. The van der Waals surface area contributed by atoms with Crippen LogP contribution in [0.2, 0.25) is 0 Å². The van der Waals surface area contributed by atoms with Crippen LogP contribution >= 0.6 is 0 Å². The lowest BCUT2D eigenvalue weighted by Crippen LogP contribution is -2.59. The second-order valence-electron chi connectivity index (χ2n) is 4.69. The Labute approximate surface area is 121 Å². The second-order valence-corrected chi connectivity index (χ2v) is 4.69. The van der Waals surface area contributed by atoms with Crippen LogP contribution in [0.15, 0.2) is 30.3 Å². The van der Waals surface area contributed by atoms with Crippen molar-refractivity contribution in [1.82, 2.24) is 10.2 Å². The van der Waals surface area contributed by atoms with E-state index in [-0.39, 0.29) is 6.54 Å². The van der Waals surface area contributed by atoms with Gasteiger partial charge in [0.1, 0.15) is 18.4 Å². The van der Waals surface area contributed by atoms with E-state index in [0.717, 1.165) is 0 Å². The van der Waals surface area contributed by atoms with E-state index >= 15 is 0 Å². The minimum absolute atomic E-state index is 0.156. The molecule has 0 radical (unpaired) electrons. The number of carbonyl (C=O) groups excluding carboxylic acids is 3. The molecule has 1 unspecified atom stereocenters. The van der Waals surface area contributed by atoms with Crippen molar-refractivity contribution in [2.45, 2.75) is 19.4 Å². The highest BCUT2D eigenvalue weighted by molar-refractivity contribution is 6.06. The van der Waals surface area contributed by atoms with Crippen LogP contribution in [0, 0.1) is 5.82 Å². The van der Waals surface area contributed by atoms with Gasteiger partial charge < -0.3 is 4.90 Å². The first kappa shape index (κ1) is 14.9. The van der Waals surface area contributed by atoms with Crippen molar-refractivity contribution in [3.05, 3.63) is 41.7 Å². The minimum Gasteiger partial charge on any atom is -0.318 e. The Kier molecular flexibility index (Phi) is 4.47. The summed E-state index contributed by atoms with van der Waals surface area (Å²) in [6, 6.07) is 5.12. The predicted octanol–water partition coefficient (Wildman–Crippen LogP) is 1.10. The third kappa shape index (κ3) is 3.53. The molecule has 1 heterocycles. The Morgan fingerprint density at radius 2 is 2.24 bits per heavy atom. The van der Waals surface area contributed by atoms with E-state index in [2.05, 4.69) is 5.32 Å². The average Bonchev–Trinajstić information content (AvgIpc) is 2.44. The van der Waals surface area contributed by atoms with Crippen LogP contribution in [0.5, 0.6) is 0 Å². The lowest BCUT2D eigenvalue weighted by Gasteiger charge is -2.32. The highest BCUT2D eigenvalue weighted by Crippen LogP contribution is 2.11. The van der Waals surface area contributed by atoms with Crippen LogP contribution in [0.4, 0.5) is 4.39 Å². The van der Waals surface area contributed by atoms with Crippen molar-refractivity contribution >= 4 is 23.8 Å². The Hall–Kier alpha value is -2.50. The summed E-state index contributed by atoms with van der Waals surface area (Å²) in [6.45, 7) is 1.60. The predicted molar refractivity (Wildman–Crippen MR) is 74.4 cm³/mol. The number of halogens is 1. The monoisotopic (exact) mass is 290 g/mol. The molecule has 1 aliphatic rings. The first-order chi connectivity index (χ1) is 10.0. The van der Waals surface area contributed by atoms with Crippen LogP contribution in [0.25, 0.3) is 6.08 Å². The molecule has 21 heavy (non-hydrogen) atoms. The molecular weight excluding hydrogens is 275 g/mol. The van der Waals surface area contributed by atoms with E-state index in [9.17, 15) is 18.8 Å². The van der Waals surface area contributed by atoms with Crippen molar-refractivity contribution in [2.75, 3.05) is 6.54 Å². The normalized spacial score (nSPS) is 19.0. The molecule has 0 aromatic heterocycles. The van der Waals surface area contributed by atoms with Crippen molar-refractivity contribution < 1.29 is 18.8 Å². The molecule has 1 aliphatic heterocycles. The summed E-state index contributed by atoms with van der Waals surface area (Å²) in [4.78, 5) is 36.4. The number of hydrogen-bond donors (Lipinski definition) is 1. The van der Waals surface area contributed by atoms with Crippen molar-refractivity contribution in [3.8, 4) is 0 Å². The number of piperazine rings is 1. The fourth-order valence-electron chi connectivity index (χ4n) is 2.18. The molecule has 6 heteroatoms. The van der Waals surface area contributed by atoms with E-state index in [1.54, 1.807) is 13.0 Å². The Morgan fingerprint density at radius 3 is 2.90 bits per heavy atom. The molecular formula is C15H15FN2O3. The van der Waals surface area contributed by atoms with Gasteiger partial charge in [-0.05, 0) is 30.2 Å². The van der Waals surface area contributed by atoms with E-state index in [1.807, 2.05) is 0 Å². The van der Waals surface area contributed by atoms with Gasteiger partial charge in [0.05, 0.1) is 0 Å². The molecule has 110 valence electrons. The van der Waals surface area contributed by atoms with Gasteiger partial charge in [-0.3, -0.25) is 19.7 Å². The van der Waals surface area contributed by atoms with E-state index in [4.69, 9.17) is 0 Å². The maximum Gasteiger partial charge on any atom is 0.249 e. The fraction of sp³-hybridized carbons (Fsp3) is 0.267. The number of carbonyl (C=O) groups is 3. The molecule has 0 bridgehead atoms. The molecule has 1 aromatic carbocycles. The summed E-state index contributed by atoms with van der Waals surface area (Å²) >= 11 is 0. The van der Waals surface area contributed by atoms with E-state index in [1.165, 1.54) is 35.3 Å². The van der Waals surface area contributed by atoms with Crippen LogP contribution in [0.3, 0.4) is 0 Å². The molecule has 1 saturated heterocycles. The zero-order chi connectivity index (χ0) is 15.4. The van der Waals surface area contributed by atoms with Gasteiger partial charge in [-0.1, -0.05) is 19.1 Å². The largest absolute Gasteiger partial charge is 0.318 e. The number of amides is 3. The first-order valence-electron chi connectivity index (χ1n) is 6.59. The highest BCUT2D eigenvalue weighted by atomic mass is 19.1. The summed E-state index contributed by atoms with van der Waals surface area (Å²) < 4.78 is 13.0. The average molecular weight is 290 g/mol. The lowest BCUT2D eigenvalue weighted by molar-refractivity contribution is -0.147. The third-order valence-corrected chi connectivity index (χ3v) is 3.19. The Bertz CT molecular complexity index is 613. The van der Waals surface area contributed by atoms with E-state index < -0.39 is 29.6 Å². The topological polar surface area (TPSA) is 66.5 Å². The standard InChI is InChI=1S/C15H15FN2O3/c1-2-12-15(21)17-13(19)9-18(12)14(20)7-6-10-4-3-5-11(16)8-10/h3-8,12H,2,9H2,1H3,(H,17,19,21). The van der Waals surface area contributed by atoms with Gasteiger partial charge in [0.2, 0.25) is 17.7 Å². The number of hydrogen-bond acceptors (Lipinski definition) is 3. The van der Waals surface area contributed by atoms with Crippen molar-refractivity contribution in [2.24, 2.45) is 0 Å².